The van der Waals surface area contributed by atoms with Crippen LogP contribution >= 0.6 is 42.2 Å². The van der Waals surface area contributed by atoms with Gasteiger partial charge in [-0.1, -0.05) is 76.0 Å². The lowest BCUT2D eigenvalue weighted by Crippen LogP contribution is -2.35. The van der Waals surface area contributed by atoms with Gasteiger partial charge in [0.1, 0.15) is 24.4 Å². The zero-order chi connectivity index (χ0) is 39.3. The first-order valence-corrected chi connectivity index (χ1v) is 19.7. The lowest BCUT2D eigenvalue weighted by atomic mass is 9.97. The van der Waals surface area contributed by atoms with E-state index in [9.17, 15) is 18.9 Å². The summed E-state index contributed by atoms with van der Waals surface area (Å²) in [6.45, 7) is 15.0. The molecule has 3 aromatic rings. The quantitative estimate of drug-likeness (QED) is 0.0929. The summed E-state index contributed by atoms with van der Waals surface area (Å²) in [4.78, 5) is 44.5. The second kappa shape index (κ2) is 21.0. The molecule has 4 N–H and O–H groups in total. The van der Waals surface area contributed by atoms with Gasteiger partial charge in [-0.3, -0.25) is 19.1 Å². The highest BCUT2D eigenvalue weighted by molar-refractivity contribution is 7.57. The van der Waals surface area contributed by atoms with E-state index in [0.717, 1.165) is 34.3 Å². The van der Waals surface area contributed by atoms with Gasteiger partial charge in [-0.15, -0.1) is 16.7 Å². The molecule has 0 aliphatic heterocycles. The second-order valence-electron chi connectivity index (χ2n) is 12.7. The van der Waals surface area contributed by atoms with Gasteiger partial charge in [0.15, 0.2) is 7.37 Å². The minimum atomic E-state index is -3.10. The number of aryl methyl sites for hydroxylation is 2. The first kappa shape index (κ1) is 46.1. The molecule has 0 spiro atoms. The lowest BCUT2D eigenvalue weighted by molar-refractivity contribution is -0.138. The van der Waals surface area contributed by atoms with Crippen LogP contribution in [0.2, 0.25) is 10.0 Å². The zero-order valence-corrected chi connectivity index (χ0v) is 33.7. The highest BCUT2D eigenvalue weighted by atomic mass is 35.5. The van der Waals surface area contributed by atoms with E-state index in [-0.39, 0.29) is 47.6 Å². The van der Waals surface area contributed by atoms with Gasteiger partial charge in [-0.25, -0.2) is 4.79 Å². The minimum absolute atomic E-state index is 0.0371. The highest BCUT2D eigenvalue weighted by Crippen LogP contribution is 2.36. The molecule has 0 fully saturated rings. The number of carbonyl (C=O) groups is 2. The molecule has 0 bridgehead atoms. The highest BCUT2D eigenvalue weighted by Gasteiger charge is 2.25. The Hall–Kier alpha value is -2.90. The van der Waals surface area contributed by atoms with Gasteiger partial charge in [0.2, 0.25) is 11.8 Å². The number of anilines is 1. The van der Waals surface area contributed by atoms with Crippen molar-refractivity contribution in [3.63, 3.8) is 0 Å². The van der Waals surface area contributed by atoms with Crippen LogP contribution in [0.4, 0.5) is 5.69 Å². The van der Waals surface area contributed by atoms with Crippen LogP contribution in [0.25, 0.3) is 5.69 Å². The van der Waals surface area contributed by atoms with Crippen LogP contribution in [0.5, 0.6) is 5.75 Å². The number of hydrogen-bond donors (Lipinski definition) is 3. The normalized spacial score (nSPS) is 12.9. The van der Waals surface area contributed by atoms with E-state index in [0.29, 0.717) is 22.4 Å². The maximum Gasteiger partial charge on any atom is 0.442 e. The first-order chi connectivity index (χ1) is 23.6. The van der Waals surface area contributed by atoms with Crippen molar-refractivity contribution in [2.24, 2.45) is 5.73 Å². The second-order valence-corrected chi connectivity index (χ2v) is 16.4. The number of benzene rings is 2. The number of carbonyl (C=O) groups excluding carboxylic acids is 1. The van der Waals surface area contributed by atoms with Gasteiger partial charge < -0.3 is 29.6 Å². The summed E-state index contributed by atoms with van der Waals surface area (Å²) in [6.07, 6.45) is 1.68. The fourth-order valence-corrected chi connectivity index (χ4v) is 5.69. The van der Waals surface area contributed by atoms with Crippen LogP contribution in [0.1, 0.15) is 71.9 Å². The lowest BCUT2D eigenvalue weighted by Gasteiger charge is -2.26. The Morgan fingerprint density at radius 3 is 2.10 bits per heavy atom. The molecule has 51 heavy (non-hydrogen) atoms. The molecule has 0 saturated heterocycles. The van der Waals surface area contributed by atoms with Crippen LogP contribution in [0, 0.1) is 0 Å². The fraction of sp³-hybridized carbons (Fsp3) is 0.529. The SMILES string of the molecule is CC(C)Oc1cc(-n2nc(C(C)(C)C)oc2=O)c(Cl)cc1Cl.CCc1cccc(CC)c1N(COC)C(=O)CCl.CP(=O)(O)CCC(N)C(=O)O. The summed E-state index contributed by atoms with van der Waals surface area (Å²) in [5.74, 6) is -1.15. The molecular formula is C34H50Cl3N4O9P. The number of carboxylic acid groups (broad SMARTS) is 1. The number of carboxylic acids is 1. The Morgan fingerprint density at radius 2 is 1.69 bits per heavy atom. The summed E-state index contributed by atoms with van der Waals surface area (Å²) < 4.78 is 27.7. The number of ether oxygens (including phenoxy) is 2. The molecular weight excluding hydrogens is 746 g/mol. The molecule has 0 saturated carbocycles. The van der Waals surface area contributed by atoms with Crippen molar-refractivity contribution in [1.29, 1.82) is 0 Å². The molecule has 1 amide bonds. The molecule has 3 rings (SSSR count). The maximum atomic E-state index is 12.1. The largest absolute Gasteiger partial charge is 0.489 e. The van der Waals surface area contributed by atoms with Gasteiger partial charge in [-0.2, -0.15) is 4.68 Å². The zero-order valence-electron chi connectivity index (χ0n) is 30.5. The van der Waals surface area contributed by atoms with E-state index in [1.165, 1.54) is 12.7 Å². The van der Waals surface area contributed by atoms with Gasteiger partial charge in [-0.05, 0) is 50.3 Å². The summed E-state index contributed by atoms with van der Waals surface area (Å²) in [7, 11) is -1.52. The Balaban J connectivity index is 0.000000405. The van der Waals surface area contributed by atoms with Gasteiger partial charge in [0.05, 0.1) is 27.5 Å². The van der Waals surface area contributed by atoms with E-state index < -0.39 is 25.1 Å². The predicted molar refractivity (Wildman–Crippen MR) is 203 cm³/mol. The number of nitrogens with two attached hydrogens (primary N) is 1. The molecule has 1 aromatic heterocycles. The van der Waals surface area contributed by atoms with Crippen LogP contribution in [-0.2, 0) is 37.1 Å². The number of amides is 1. The third kappa shape index (κ3) is 14.9. The number of alkyl halides is 1. The number of aromatic nitrogens is 2. The summed E-state index contributed by atoms with van der Waals surface area (Å²) in [6, 6.07) is 8.18. The molecule has 1 heterocycles. The number of hydrogen-bond acceptors (Lipinski definition) is 9. The third-order valence-corrected chi connectivity index (χ3v) is 8.78. The average Bonchev–Trinajstić information content (AvgIpc) is 3.44. The molecule has 2 aromatic carbocycles. The minimum Gasteiger partial charge on any atom is -0.489 e. The van der Waals surface area contributed by atoms with Crippen molar-refractivity contribution < 1.29 is 38.0 Å². The summed E-state index contributed by atoms with van der Waals surface area (Å²) in [5, 5.41) is 13.2. The van der Waals surface area contributed by atoms with Crippen LogP contribution in [0.3, 0.4) is 0 Å². The maximum absolute atomic E-state index is 12.1. The van der Waals surface area contributed by atoms with E-state index in [1.54, 1.807) is 18.1 Å². The van der Waals surface area contributed by atoms with E-state index >= 15 is 0 Å². The monoisotopic (exact) mass is 794 g/mol. The van der Waals surface area contributed by atoms with Gasteiger partial charge in [0.25, 0.3) is 0 Å². The first-order valence-electron chi connectivity index (χ1n) is 16.1. The number of rotatable bonds is 13. The Bertz CT molecular complexity index is 1680. The number of aliphatic carboxylic acids is 1. The van der Waals surface area contributed by atoms with Gasteiger partial charge in [0, 0.05) is 31.4 Å². The van der Waals surface area contributed by atoms with Crippen molar-refractivity contribution in [1.82, 2.24) is 9.78 Å². The van der Waals surface area contributed by atoms with E-state index in [4.69, 9.17) is 64.4 Å². The van der Waals surface area contributed by atoms with Crippen molar-refractivity contribution in [2.75, 3.05) is 37.4 Å². The smallest absolute Gasteiger partial charge is 0.442 e. The average molecular weight is 796 g/mol. The molecule has 0 aliphatic carbocycles. The number of methoxy groups -OCH3 is 1. The molecule has 2 unspecified atom stereocenters. The van der Waals surface area contributed by atoms with E-state index in [1.807, 2.05) is 52.8 Å². The Kier molecular flexibility index (Phi) is 19.0. The van der Waals surface area contributed by atoms with Crippen LogP contribution < -0.4 is 21.1 Å². The molecule has 13 nitrogen and oxygen atoms in total. The van der Waals surface area contributed by atoms with Crippen LogP contribution in [-0.4, -0.2) is 76.4 Å². The molecule has 17 heteroatoms. The molecule has 0 aliphatic rings. The number of para-hydroxylation sites is 1. The van der Waals surface area contributed by atoms with Crippen molar-refractivity contribution in [3.05, 3.63) is 67.9 Å². The Morgan fingerprint density at radius 1 is 1.12 bits per heavy atom. The van der Waals surface area contributed by atoms with E-state index in [2.05, 4.69) is 18.9 Å². The summed E-state index contributed by atoms with van der Waals surface area (Å²) >= 11 is 18.0. The topological polar surface area (TPSA) is 187 Å². The van der Waals surface area contributed by atoms with Crippen LogP contribution in [0.15, 0.2) is 39.5 Å². The van der Waals surface area contributed by atoms with Gasteiger partial charge >= 0.3 is 11.7 Å². The summed E-state index contributed by atoms with van der Waals surface area (Å²) in [5.41, 5.74) is 8.31. The third-order valence-electron chi connectivity index (χ3n) is 6.86. The molecule has 286 valence electrons. The molecule has 0 radical (unpaired) electrons. The molecule has 2 atom stereocenters. The standard InChI is InChI=1S/C15H18Cl2N2O3.C14H20ClNO2.C5H12NO4P/c1-8(2)21-12-7-11(9(16)6-10(12)17)19-14(20)22-13(18-19)15(3,4)5;1-4-11-7-6-8-12(5-2)14(11)16(10-18-3)13(17)9-15;1-11(9,10)3-2-4(6)5(7)8/h6-8H,1-5H3;6-8H,4-5,9-10H2,1-3H3;4H,2-3,6H2,1H3,(H,7,8)(H,9,10). The number of halogens is 3. The Labute approximate surface area is 314 Å². The predicted octanol–water partition coefficient (Wildman–Crippen LogP) is 6.89. The van der Waals surface area contributed by atoms with Crippen molar-refractivity contribution in [2.45, 2.75) is 85.3 Å². The van der Waals surface area contributed by atoms with Crippen molar-refractivity contribution in [3.8, 4) is 11.4 Å². The number of nitrogens with zero attached hydrogens (tertiary/aromatic N) is 3. The fourth-order valence-electron chi connectivity index (χ4n) is 4.28. The van der Waals surface area contributed by atoms with Crippen molar-refractivity contribution >= 4 is 59.7 Å².